The molecule has 0 saturated heterocycles. The van der Waals surface area contributed by atoms with Crippen LogP contribution in [0.15, 0.2) is 0 Å². The summed E-state index contributed by atoms with van der Waals surface area (Å²) in [6, 6.07) is 0. The van der Waals surface area contributed by atoms with Crippen LogP contribution in [0.5, 0.6) is 0 Å². The molecule has 0 aliphatic heterocycles. The Balaban J connectivity index is 3.31. The van der Waals surface area contributed by atoms with Crippen LogP contribution < -0.4 is 0 Å². The van der Waals surface area contributed by atoms with E-state index in [-0.39, 0.29) is 79.3 Å². The summed E-state index contributed by atoms with van der Waals surface area (Å²) in [6.45, 7) is 0.323. The van der Waals surface area contributed by atoms with Crippen LogP contribution >= 0.6 is 0 Å². The maximum Gasteiger partial charge on any atom is 0.465 e. The minimum absolute atomic E-state index is 0.0216. The van der Waals surface area contributed by atoms with Gasteiger partial charge in [-0.25, -0.2) is 9.59 Å². The highest BCUT2D eigenvalue weighted by Gasteiger charge is 2.65. The second kappa shape index (κ2) is 24.1. The molecule has 0 N–H and O–H groups in total. The number of carbonyl (C=O) groups excluding carboxylic acids is 2. The van der Waals surface area contributed by atoms with Gasteiger partial charge < -0.3 is 47.4 Å². The van der Waals surface area contributed by atoms with E-state index >= 15 is 0 Å². The van der Waals surface area contributed by atoms with Crippen LogP contribution in [0.2, 0.25) is 0 Å². The van der Waals surface area contributed by atoms with Gasteiger partial charge in [0.1, 0.15) is 13.2 Å². The molecule has 0 fully saturated rings. The van der Waals surface area contributed by atoms with E-state index in [9.17, 15) is 53.5 Å². The van der Waals surface area contributed by atoms with Gasteiger partial charge in [0.05, 0.1) is 106 Å². The molecule has 22 heteroatoms. The van der Waals surface area contributed by atoms with Crippen molar-refractivity contribution in [2.75, 3.05) is 119 Å². The third-order valence-electron chi connectivity index (χ3n) is 4.75. The molecule has 0 aromatic carbocycles. The van der Waals surface area contributed by atoms with Crippen LogP contribution in [0.4, 0.5) is 43.9 Å². The van der Waals surface area contributed by atoms with E-state index in [2.05, 4.69) is 9.47 Å². The second-order valence-electron chi connectivity index (χ2n) is 8.32. The van der Waals surface area contributed by atoms with Gasteiger partial charge in [-0.3, -0.25) is 0 Å². The Morgan fingerprint density at radius 1 is 0.304 bits per heavy atom. The van der Waals surface area contributed by atoms with E-state index in [1.807, 2.05) is 0 Å². The third-order valence-corrected chi connectivity index (χ3v) is 4.75. The lowest BCUT2D eigenvalue weighted by atomic mass is 10.3. The molecule has 46 heavy (non-hydrogen) atoms. The highest BCUT2D eigenvalue weighted by Crippen LogP contribution is 2.37. The van der Waals surface area contributed by atoms with Gasteiger partial charge >= 0.3 is 36.1 Å². The Morgan fingerprint density at radius 2 is 0.457 bits per heavy atom. The molecule has 0 unspecified atom stereocenters. The summed E-state index contributed by atoms with van der Waals surface area (Å²) in [5.41, 5.74) is 0. The third kappa shape index (κ3) is 20.2. The fourth-order valence-electron chi connectivity index (χ4n) is 2.44. The van der Waals surface area contributed by atoms with E-state index in [4.69, 9.17) is 37.9 Å². The van der Waals surface area contributed by atoms with Crippen molar-refractivity contribution in [3.63, 3.8) is 0 Å². The van der Waals surface area contributed by atoms with Crippen LogP contribution in [0, 0.1) is 0 Å². The number of alkyl halides is 10. The van der Waals surface area contributed by atoms with Crippen LogP contribution in [0.3, 0.4) is 0 Å². The Morgan fingerprint density at radius 3 is 0.609 bits per heavy atom. The number of hydrogen-bond donors (Lipinski definition) is 0. The van der Waals surface area contributed by atoms with Crippen molar-refractivity contribution in [1.29, 1.82) is 0 Å². The molecule has 0 aromatic heterocycles. The number of carbonyl (C=O) groups is 2. The van der Waals surface area contributed by atoms with Crippen LogP contribution in [0.25, 0.3) is 0 Å². The number of halogens is 10. The molecular weight excluding hydrogens is 670 g/mol. The zero-order chi connectivity index (χ0) is 35.0. The van der Waals surface area contributed by atoms with Crippen LogP contribution in [0.1, 0.15) is 0 Å². The summed E-state index contributed by atoms with van der Waals surface area (Å²) >= 11 is 0. The molecule has 0 amide bonds. The number of hydrogen-bond acceptors (Lipinski definition) is 12. The summed E-state index contributed by atoms with van der Waals surface area (Å²) < 4.78 is 171. The molecule has 0 aliphatic rings. The lowest BCUT2D eigenvalue weighted by Gasteiger charge is -2.17. The fraction of sp³-hybridized carbons (Fsp3) is 0.917. The van der Waals surface area contributed by atoms with Crippen molar-refractivity contribution < 1.29 is 101 Å². The van der Waals surface area contributed by atoms with Gasteiger partial charge in [0.25, 0.3) is 0 Å². The predicted octanol–water partition coefficient (Wildman–Crippen LogP) is 2.60. The zero-order valence-electron chi connectivity index (χ0n) is 24.4. The van der Waals surface area contributed by atoms with E-state index in [0.717, 1.165) is 0 Å². The molecule has 0 radical (unpaired) electrons. The first-order chi connectivity index (χ1) is 21.5. The van der Waals surface area contributed by atoms with Gasteiger partial charge in [-0.05, 0) is 0 Å². The number of esters is 2. The first kappa shape index (κ1) is 43.9. The molecule has 0 heterocycles. The Hall–Kier alpha value is -2.08. The summed E-state index contributed by atoms with van der Waals surface area (Å²) in [6.07, 6.45) is -12.1. The second-order valence-corrected chi connectivity index (χ2v) is 8.32. The van der Waals surface area contributed by atoms with Gasteiger partial charge in [0.15, 0.2) is 0 Å². The number of rotatable bonds is 29. The van der Waals surface area contributed by atoms with Crippen LogP contribution in [-0.4, -0.2) is 155 Å². The van der Waals surface area contributed by atoms with Gasteiger partial charge in [-0.2, -0.15) is 43.9 Å². The summed E-state index contributed by atoms with van der Waals surface area (Å²) in [5.74, 6) is -16.6. The zero-order valence-corrected chi connectivity index (χ0v) is 24.4. The lowest BCUT2D eigenvalue weighted by molar-refractivity contribution is -0.281. The van der Waals surface area contributed by atoms with E-state index in [0.29, 0.717) is 13.2 Å². The molecule has 0 saturated carbocycles. The topological polar surface area (TPSA) is 126 Å². The highest BCUT2D eigenvalue weighted by atomic mass is 19.4. The monoisotopic (exact) mass is 706 g/mol. The van der Waals surface area contributed by atoms with Crippen molar-refractivity contribution in [2.24, 2.45) is 0 Å². The number of ether oxygens (including phenoxy) is 10. The summed E-state index contributed by atoms with van der Waals surface area (Å²) in [5, 5.41) is 0. The molecule has 0 aliphatic carbocycles. The minimum atomic E-state index is -6.04. The van der Waals surface area contributed by atoms with Crippen molar-refractivity contribution >= 4 is 11.9 Å². The molecular formula is C24H36F10O12. The maximum atomic E-state index is 12.6. The SMILES string of the molecule is O=C(OCCOCCOCCOCCOCCOCCOCCOCCOCCOC(=O)C(F)(F)C(F)(F)F)C(F)(F)C(F)(F)F. The van der Waals surface area contributed by atoms with Crippen molar-refractivity contribution in [3.05, 3.63) is 0 Å². The van der Waals surface area contributed by atoms with Crippen molar-refractivity contribution in [2.45, 2.75) is 24.2 Å². The first-order valence-corrected chi connectivity index (χ1v) is 13.4. The van der Waals surface area contributed by atoms with Crippen LogP contribution in [-0.2, 0) is 57.0 Å². The molecule has 0 aromatic rings. The molecule has 0 spiro atoms. The van der Waals surface area contributed by atoms with Crippen molar-refractivity contribution in [1.82, 2.24) is 0 Å². The average Bonchev–Trinajstić information content (AvgIpc) is 2.97. The molecule has 274 valence electrons. The minimum Gasteiger partial charge on any atom is -0.459 e. The lowest BCUT2D eigenvalue weighted by Crippen LogP contribution is -2.45. The normalized spacial score (nSPS) is 12.8. The highest BCUT2D eigenvalue weighted by molar-refractivity contribution is 5.79. The quantitative estimate of drug-likeness (QED) is 0.0645. The van der Waals surface area contributed by atoms with Gasteiger partial charge in [-0.15, -0.1) is 0 Å². The first-order valence-electron chi connectivity index (χ1n) is 13.4. The Bertz CT molecular complexity index is 737. The Labute approximate surface area is 256 Å². The summed E-state index contributed by atoms with van der Waals surface area (Å²) in [4.78, 5) is 21.5. The predicted molar refractivity (Wildman–Crippen MR) is 130 cm³/mol. The Kier molecular flexibility index (Phi) is 23.0. The molecule has 0 atom stereocenters. The smallest absolute Gasteiger partial charge is 0.459 e. The van der Waals surface area contributed by atoms with E-state index < -0.39 is 62.6 Å². The molecule has 12 nitrogen and oxygen atoms in total. The summed E-state index contributed by atoms with van der Waals surface area (Å²) in [7, 11) is 0. The average molecular weight is 707 g/mol. The fourth-order valence-corrected chi connectivity index (χ4v) is 2.44. The maximum absolute atomic E-state index is 12.6. The van der Waals surface area contributed by atoms with E-state index in [1.165, 1.54) is 0 Å². The van der Waals surface area contributed by atoms with Gasteiger partial charge in [0, 0.05) is 0 Å². The van der Waals surface area contributed by atoms with Crippen molar-refractivity contribution in [3.8, 4) is 0 Å². The van der Waals surface area contributed by atoms with Gasteiger partial charge in [0.2, 0.25) is 0 Å². The standard InChI is InChI=1S/C24H36F10O12/c25-21(26,23(29,30)31)19(35)45-17-15-43-13-11-41-9-7-39-5-3-37-1-2-38-4-6-40-8-10-42-12-14-44-16-18-46-20(36)22(27,28)24(32,33)34/h1-18H2. The van der Waals surface area contributed by atoms with Gasteiger partial charge in [-0.1, -0.05) is 0 Å². The largest absolute Gasteiger partial charge is 0.465 e. The molecule has 0 rings (SSSR count). The van der Waals surface area contributed by atoms with E-state index in [1.54, 1.807) is 0 Å². The molecule has 0 bridgehead atoms.